The first kappa shape index (κ1) is 14.6. The highest BCUT2D eigenvalue weighted by Crippen LogP contribution is 2.19. The van der Waals surface area contributed by atoms with Gasteiger partial charge in [-0.3, -0.25) is 0 Å². The Bertz CT molecular complexity index is 560. The van der Waals surface area contributed by atoms with Crippen molar-refractivity contribution in [3.8, 4) is 0 Å². The van der Waals surface area contributed by atoms with Gasteiger partial charge in [-0.2, -0.15) is 0 Å². The molecule has 0 fully saturated rings. The molecule has 0 amide bonds. The number of benzene rings is 2. The predicted molar refractivity (Wildman–Crippen MR) is 74.2 cm³/mol. The van der Waals surface area contributed by atoms with Crippen LogP contribution in [0.2, 0.25) is 0 Å². The van der Waals surface area contributed by atoms with E-state index in [4.69, 9.17) is 0 Å². The van der Waals surface area contributed by atoms with Crippen molar-refractivity contribution in [2.45, 2.75) is 19.1 Å². The molecule has 0 aliphatic rings. The highest BCUT2D eigenvalue weighted by molar-refractivity contribution is 5.22. The molecule has 0 saturated heterocycles. The van der Waals surface area contributed by atoms with Crippen LogP contribution in [-0.2, 0) is 0 Å². The first-order valence-corrected chi connectivity index (χ1v) is 6.49. The minimum Gasteiger partial charge on any atom is -0.387 e. The van der Waals surface area contributed by atoms with Crippen LogP contribution in [0.1, 0.15) is 30.2 Å². The molecule has 1 unspecified atom stereocenters. The van der Waals surface area contributed by atoms with E-state index in [9.17, 15) is 13.9 Å². The molecule has 2 N–H and O–H groups in total. The van der Waals surface area contributed by atoms with Gasteiger partial charge in [0.25, 0.3) is 0 Å². The van der Waals surface area contributed by atoms with E-state index >= 15 is 0 Å². The average Bonchev–Trinajstić information content (AvgIpc) is 2.47. The molecule has 2 atom stereocenters. The van der Waals surface area contributed by atoms with Crippen molar-refractivity contribution in [2.24, 2.45) is 0 Å². The van der Waals surface area contributed by atoms with Crippen LogP contribution in [0, 0.1) is 11.6 Å². The van der Waals surface area contributed by atoms with Gasteiger partial charge >= 0.3 is 0 Å². The Kier molecular flexibility index (Phi) is 4.82. The van der Waals surface area contributed by atoms with Gasteiger partial charge < -0.3 is 10.4 Å². The Morgan fingerprint density at radius 1 is 1.10 bits per heavy atom. The SMILES string of the molecule is C[C@H](NCC(O)c1cc(F)ccc1F)c1ccccc1. The summed E-state index contributed by atoms with van der Waals surface area (Å²) in [7, 11) is 0. The van der Waals surface area contributed by atoms with Gasteiger partial charge in [-0.15, -0.1) is 0 Å². The number of hydrogen-bond donors (Lipinski definition) is 2. The lowest BCUT2D eigenvalue weighted by molar-refractivity contribution is 0.166. The quantitative estimate of drug-likeness (QED) is 0.878. The normalized spacial score (nSPS) is 14.0. The molecule has 0 aromatic heterocycles. The van der Waals surface area contributed by atoms with E-state index < -0.39 is 17.7 Å². The lowest BCUT2D eigenvalue weighted by Gasteiger charge is -2.18. The largest absolute Gasteiger partial charge is 0.387 e. The Morgan fingerprint density at radius 2 is 1.80 bits per heavy atom. The van der Waals surface area contributed by atoms with E-state index in [2.05, 4.69) is 5.32 Å². The molecule has 2 aromatic carbocycles. The van der Waals surface area contributed by atoms with Crippen molar-refractivity contribution in [3.63, 3.8) is 0 Å². The second kappa shape index (κ2) is 6.59. The van der Waals surface area contributed by atoms with E-state index in [0.29, 0.717) is 0 Å². The van der Waals surface area contributed by atoms with Crippen LogP contribution in [0.4, 0.5) is 8.78 Å². The molecule has 0 saturated carbocycles. The lowest BCUT2D eigenvalue weighted by atomic mass is 10.1. The summed E-state index contributed by atoms with van der Waals surface area (Å²) < 4.78 is 26.6. The third-order valence-electron chi connectivity index (χ3n) is 3.23. The van der Waals surface area contributed by atoms with Crippen molar-refractivity contribution < 1.29 is 13.9 Å². The third kappa shape index (κ3) is 3.62. The summed E-state index contributed by atoms with van der Waals surface area (Å²) in [5.74, 6) is -1.16. The molecule has 20 heavy (non-hydrogen) atoms. The number of nitrogens with one attached hydrogen (secondary N) is 1. The summed E-state index contributed by atoms with van der Waals surface area (Å²) in [6, 6.07) is 12.8. The molecule has 0 radical (unpaired) electrons. The van der Waals surface area contributed by atoms with Crippen LogP contribution in [0.25, 0.3) is 0 Å². The zero-order valence-corrected chi connectivity index (χ0v) is 11.2. The summed E-state index contributed by atoms with van der Waals surface area (Å²) in [4.78, 5) is 0. The van der Waals surface area contributed by atoms with E-state index in [-0.39, 0.29) is 18.2 Å². The maximum Gasteiger partial charge on any atom is 0.129 e. The van der Waals surface area contributed by atoms with Gasteiger partial charge in [0.15, 0.2) is 0 Å². The molecule has 106 valence electrons. The first-order chi connectivity index (χ1) is 9.58. The van der Waals surface area contributed by atoms with E-state index in [1.54, 1.807) is 0 Å². The fraction of sp³-hybridized carbons (Fsp3) is 0.250. The Morgan fingerprint density at radius 3 is 2.50 bits per heavy atom. The van der Waals surface area contributed by atoms with Crippen molar-refractivity contribution >= 4 is 0 Å². The van der Waals surface area contributed by atoms with Gasteiger partial charge in [0.1, 0.15) is 11.6 Å². The van der Waals surface area contributed by atoms with Crippen molar-refractivity contribution in [3.05, 3.63) is 71.3 Å². The van der Waals surface area contributed by atoms with Gasteiger partial charge in [0.05, 0.1) is 6.10 Å². The van der Waals surface area contributed by atoms with E-state index in [0.717, 1.165) is 23.8 Å². The molecule has 2 rings (SSSR count). The maximum atomic E-state index is 13.5. The number of halogens is 2. The smallest absolute Gasteiger partial charge is 0.129 e. The van der Waals surface area contributed by atoms with Crippen LogP contribution in [0.3, 0.4) is 0 Å². The summed E-state index contributed by atoms with van der Waals surface area (Å²) in [6.45, 7) is 2.10. The fourth-order valence-electron chi connectivity index (χ4n) is 2.03. The standard InChI is InChI=1S/C16H17F2NO/c1-11(12-5-3-2-4-6-12)19-10-16(20)14-9-13(17)7-8-15(14)18/h2-9,11,16,19-20H,10H2,1H3/t11-,16?/m0/s1. The second-order valence-electron chi connectivity index (χ2n) is 4.72. The average molecular weight is 277 g/mol. The number of aliphatic hydroxyl groups is 1. The number of hydrogen-bond acceptors (Lipinski definition) is 2. The van der Waals surface area contributed by atoms with Crippen molar-refractivity contribution in [1.29, 1.82) is 0 Å². The van der Waals surface area contributed by atoms with Crippen molar-refractivity contribution in [1.82, 2.24) is 5.32 Å². The van der Waals surface area contributed by atoms with E-state index in [1.165, 1.54) is 0 Å². The molecule has 0 aliphatic heterocycles. The Balaban J connectivity index is 1.98. The van der Waals surface area contributed by atoms with Crippen LogP contribution < -0.4 is 5.32 Å². The van der Waals surface area contributed by atoms with Crippen molar-refractivity contribution in [2.75, 3.05) is 6.54 Å². The predicted octanol–water partition coefficient (Wildman–Crippen LogP) is 3.35. The summed E-state index contributed by atoms with van der Waals surface area (Å²) >= 11 is 0. The Hall–Kier alpha value is -1.78. The third-order valence-corrected chi connectivity index (χ3v) is 3.23. The minimum atomic E-state index is -1.09. The van der Waals surface area contributed by atoms with Crippen LogP contribution in [0.15, 0.2) is 48.5 Å². The molecule has 2 aromatic rings. The fourth-order valence-corrected chi connectivity index (χ4v) is 2.03. The van der Waals surface area contributed by atoms with Crippen LogP contribution >= 0.6 is 0 Å². The number of rotatable bonds is 5. The molecule has 0 bridgehead atoms. The second-order valence-corrected chi connectivity index (χ2v) is 4.72. The zero-order valence-electron chi connectivity index (χ0n) is 11.2. The van der Waals surface area contributed by atoms with Gasteiger partial charge in [-0.25, -0.2) is 8.78 Å². The molecule has 0 heterocycles. The highest BCUT2D eigenvalue weighted by Gasteiger charge is 2.15. The lowest BCUT2D eigenvalue weighted by Crippen LogP contribution is -2.25. The monoisotopic (exact) mass is 277 g/mol. The minimum absolute atomic E-state index is 0.0162. The van der Waals surface area contributed by atoms with Crippen LogP contribution in [-0.4, -0.2) is 11.7 Å². The zero-order chi connectivity index (χ0) is 14.5. The molecular formula is C16H17F2NO. The summed E-state index contributed by atoms with van der Waals surface area (Å²) in [5.41, 5.74) is 1.04. The molecule has 2 nitrogen and oxygen atoms in total. The number of aliphatic hydroxyl groups excluding tert-OH is 1. The highest BCUT2D eigenvalue weighted by atomic mass is 19.1. The molecule has 0 spiro atoms. The molecule has 0 aliphatic carbocycles. The van der Waals surface area contributed by atoms with Crippen LogP contribution in [0.5, 0.6) is 0 Å². The first-order valence-electron chi connectivity index (χ1n) is 6.49. The maximum absolute atomic E-state index is 13.5. The molecule has 4 heteroatoms. The van der Waals surface area contributed by atoms with Gasteiger partial charge in [0, 0.05) is 18.2 Å². The Labute approximate surface area is 117 Å². The molecular weight excluding hydrogens is 260 g/mol. The topological polar surface area (TPSA) is 32.3 Å². The van der Waals surface area contributed by atoms with E-state index in [1.807, 2.05) is 37.3 Å². The summed E-state index contributed by atoms with van der Waals surface area (Å²) in [6.07, 6.45) is -1.09. The van der Waals surface area contributed by atoms with Gasteiger partial charge in [0.2, 0.25) is 0 Å². The summed E-state index contributed by atoms with van der Waals surface area (Å²) in [5, 5.41) is 13.1. The van der Waals surface area contributed by atoms with Gasteiger partial charge in [-0.05, 0) is 30.7 Å². The van der Waals surface area contributed by atoms with Gasteiger partial charge in [-0.1, -0.05) is 30.3 Å².